The first kappa shape index (κ1) is 23.7. The number of para-hydroxylation sites is 1. The zero-order chi connectivity index (χ0) is 24.6. The Kier molecular flexibility index (Phi) is 6.47. The minimum absolute atomic E-state index is 0.0135. The van der Waals surface area contributed by atoms with Crippen molar-refractivity contribution in [3.05, 3.63) is 52.9 Å². The van der Waals surface area contributed by atoms with E-state index in [9.17, 15) is 18.0 Å². The number of aromatic nitrogens is 1. The molecule has 11 heteroatoms. The van der Waals surface area contributed by atoms with Gasteiger partial charge in [0, 0.05) is 56.5 Å². The van der Waals surface area contributed by atoms with Crippen molar-refractivity contribution >= 4 is 49.8 Å². The average Bonchev–Trinajstić information content (AvgIpc) is 3.59. The fraction of sp³-hybridized carbons (Fsp3) is 0.375. The predicted molar refractivity (Wildman–Crippen MR) is 133 cm³/mol. The number of anilines is 1. The number of benzene rings is 1. The van der Waals surface area contributed by atoms with Gasteiger partial charge in [-0.1, -0.05) is 18.2 Å². The number of nitrogens with zero attached hydrogens (tertiary/aromatic N) is 4. The van der Waals surface area contributed by atoms with Crippen LogP contribution in [0.3, 0.4) is 0 Å². The average molecular weight is 515 g/mol. The molecule has 3 aromatic rings. The van der Waals surface area contributed by atoms with Crippen molar-refractivity contribution in [3.8, 4) is 0 Å². The van der Waals surface area contributed by atoms with E-state index in [-0.39, 0.29) is 28.8 Å². The van der Waals surface area contributed by atoms with Crippen LogP contribution >= 0.6 is 11.3 Å². The monoisotopic (exact) mass is 514 g/mol. The number of pyridine rings is 1. The first-order chi connectivity index (χ1) is 16.9. The van der Waals surface area contributed by atoms with Crippen molar-refractivity contribution in [2.24, 2.45) is 5.92 Å². The van der Waals surface area contributed by atoms with Gasteiger partial charge in [-0.2, -0.15) is 4.31 Å². The van der Waals surface area contributed by atoms with Crippen LogP contribution in [0.1, 0.15) is 16.1 Å². The topological polar surface area (TPSA) is 100 Å². The van der Waals surface area contributed by atoms with Gasteiger partial charge in [0.2, 0.25) is 15.9 Å². The molecule has 2 saturated heterocycles. The summed E-state index contributed by atoms with van der Waals surface area (Å²) in [6, 6.07) is 11.4. The number of sulfonamides is 1. The van der Waals surface area contributed by atoms with Crippen LogP contribution in [-0.4, -0.2) is 80.9 Å². The first-order valence-electron chi connectivity index (χ1n) is 11.4. The summed E-state index contributed by atoms with van der Waals surface area (Å²) < 4.78 is 32.4. The van der Waals surface area contributed by atoms with Gasteiger partial charge in [0.25, 0.3) is 0 Å². The molecule has 184 valence electrons. The maximum atomic E-state index is 13.2. The molecule has 0 N–H and O–H groups in total. The molecule has 1 amide bonds. The molecule has 2 aliphatic heterocycles. The van der Waals surface area contributed by atoms with Crippen LogP contribution in [0.5, 0.6) is 0 Å². The van der Waals surface area contributed by atoms with Crippen LogP contribution in [0.15, 0.2) is 52.9 Å². The number of amides is 1. The molecule has 4 heterocycles. The van der Waals surface area contributed by atoms with Gasteiger partial charge in [0.1, 0.15) is 9.77 Å². The fourth-order valence-corrected chi connectivity index (χ4v) is 7.62. The van der Waals surface area contributed by atoms with Crippen LogP contribution in [0, 0.1) is 5.92 Å². The summed E-state index contributed by atoms with van der Waals surface area (Å²) in [6.45, 7) is 2.92. The molecule has 35 heavy (non-hydrogen) atoms. The van der Waals surface area contributed by atoms with Crippen molar-refractivity contribution in [3.63, 3.8) is 0 Å². The van der Waals surface area contributed by atoms with E-state index in [0.717, 1.165) is 27.9 Å². The molecule has 2 fully saturated rings. The molecular weight excluding hydrogens is 488 g/mol. The van der Waals surface area contributed by atoms with E-state index in [4.69, 9.17) is 4.74 Å². The standard InChI is InChI=1S/C24H26N4O5S2/c1-33-24(30)22-21(8-15-34-22)35(31,32)28-10-7-17(16-28)23(29)27-13-11-26(12-14-27)20-6-9-25-19-5-3-2-4-18(19)20/h2-6,8-9,15,17H,7,10-14,16H2,1H3. The Morgan fingerprint density at radius 3 is 2.60 bits per heavy atom. The molecule has 1 aromatic carbocycles. The second-order valence-electron chi connectivity index (χ2n) is 8.61. The lowest BCUT2D eigenvalue weighted by atomic mass is 10.1. The summed E-state index contributed by atoms with van der Waals surface area (Å²) in [7, 11) is -2.66. The van der Waals surface area contributed by atoms with E-state index in [2.05, 4.69) is 16.0 Å². The van der Waals surface area contributed by atoms with Gasteiger partial charge in [0.05, 0.1) is 18.5 Å². The van der Waals surface area contributed by atoms with E-state index >= 15 is 0 Å². The van der Waals surface area contributed by atoms with Crippen molar-refractivity contribution in [1.82, 2.24) is 14.2 Å². The Morgan fingerprint density at radius 2 is 1.83 bits per heavy atom. The maximum Gasteiger partial charge on any atom is 0.349 e. The third-order valence-electron chi connectivity index (χ3n) is 6.68. The highest BCUT2D eigenvalue weighted by Crippen LogP contribution is 2.31. The molecular formula is C24H26N4O5S2. The van der Waals surface area contributed by atoms with Crippen molar-refractivity contribution in [1.29, 1.82) is 0 Å². The quantitative estimate of drug-likeness (QED) is 0.482. The van der Waals surface area contributed by atoms with Gasteiger partial charge < -0.3 is 14.5 Å². The Balaban J connectivity index is 1.23. The van der Waals surface area contributed by atoms with Gasteiger partial charge in [-0.25, -0.2) is 13.2 Å². The molecule has 0 radical (unpaired) electrons. The Hall–Kier alpha value is -3.02. The number of fused-ring (bicyclic) bond motifs is 1. The zero-order valence-corrected chi connectivity index (χ0v) is 20.9. The summed E-state index contributed by atoms with van der Waals surface area (Å²) in [5, 5.41) is 2.65. The third kappa shape index (κ3) is 4.39. The molecule has 0 saturated carbocycles. The number of thiophene rings is 1. The Morgan fingerprint density at radius 1 is 1.06 bits per heavy atom. The van der Waals surface area contributed by atoms with Gasteiger partial charge >= 0.3 is 5.97 Å². The van der Waals surface area contributed by atoms with Crippen LogP contribution < -0.4 is 4.90 Å². The van der Waals surface area contributed by atoms with E-state index < -0.39 is 21.9 Å². The van der Waals surface area contributed by atoms with Gasteiger partial charge in [-0.05, 0) is 30.0 Å². The summed E-state index contributed by atoms with van der Waals surface area (Å²) in [6.07, 6.45) is 2.27. The second kappa shape index (κ2) is 9.56. The molecule has 0 bridgehead atoms. The zero-order valence-electron chi connectivity index (χ0n) is 19.3. The van der Waals surface area contributed by atoms with Crippen LogP contribution in [-0.2, 0) is 19.6 Å². The minimum Gasteiger partial charge on any atom is -0.465 e. The van der Waals surface area contributed by atoms with Gasteiger partial charge in [-0.3, -0.25) is 9.78 Å². The first-order valence-corrected chi connectivity index (χ1v) is 13.8. The fourth-order valence-electron chi connectivity index (χ4n) is 4.81. The molecule has 2 aliphatic rings. The molecule has 9 nitrogen and oxygen atoms in total. The SMILES string of the molecule is COC(=O)c1sccc1S(=O)(=O)N1CCC(C(=O)N2CCN(c3ccnc4ccccc34)CC2)C1. The number of carbonyl (C=O) groups is 2. The Labute approximate surface area is 208 Å². The van der Waals surface area contributed by atoms with Crippen LogP contribution in [0.4, 0.5) is 5.69 Å². The van der Waals surface area contributed by atoms with Crippen LogP contribution in [0.2, 0.25) is 0 Å². The molecule has 1 atom stereocenters. The van der Waals surface area contributed by atoms with Gasteiger partial charge in [0.15, 0.2) is 0 Å². The lowest BCUT2D eigenvalue weighted by Crippen LogP contribution is -2.50. The number of ether oxygens (including phenoxy) is 1. The minimum atomic E-state index is -3.89. The maximum absolute atomic E-state index is 13.2. The number of piperazine rings is 1. The highest BCUT2D eigenvalue weighted by Gasteiger charge is 2.40. The summed E-state index contributed by atoms with van der Waals surface area (Å²) in [4.78, 5) is 33.8. The number of hydrogen-bond donors (Lipinski definition) is 0. The van der Waals surface area contributed by atoms with Crippen LogP contribution in [0.25, 0.3) is 10.9 Å². The smallest absolute Gasteiger partial charge is 0.349 e. The van der Waals surface area contributed by atoms with Crippen molar-refractivity contribution in [2.75, 3.05) is 51.3 Å². The number of esters is 1. The van der Waals surface area contributed by atoms with Gasteiger partial charge in [-0.15, -0.1) is 11.3 Å². The summed E-state index contributed by atoms with van der Waals surface area (Å²) in [5.41, 5.74) is 2.05. The van der Waals surface area contributed by atoms with E-state index in [1.54, 1.807) is 5.38 Å². The number of rotatable bonds is 5. The predicted octanol–water partition coefficient (Wildman–Crippen LogP) is 2.44. The lowest BCUT2D eigenvalue weighted by Gasteiger charge is -2.37. The van der Waals surface area contributed by atoms with Crippen molar-refractivity contribution in [2.45, 2.75) is 11.3 Å². The normalized spacial score (nSPS) is 19.3. The van der Waals surface area contributed by atoms with Crippen molar-refractivity contribution < 1.29 is 22.7 Å². The third-order valence-corrected chi connectivity index (χ3v) is 9.61. The number of methoxy groups -OCH3 is 1. The van der Waals surface area contributed by atoms with E-state index in [1.165, 1.54) is 17.5 Å². The highest BCUT2D eigenvalue weighted by molar-refractivity contribution is 7.89. The second-order valence-corrected chi connectivity index (χ2v) is 11.4. The molecule has 0 spiro atoms. The highest BCUT2D eigenvalue weighted by atomic mass is 32.2. The number of hydrogen-bond acceptors (Lipinski definition) is 8. The van der Waals surface area contributed by atoms with E-state index in [0.29, 0.717) is 32.6 Å². The molecule has 5 rings (SSSR count). The summed E-state index contributed by atoms with van der Waals surface area (Å²) in [5.74, 6) is -1.08. The molecule has 1 unspecified atom stereocenters. The largest absolute Gasteiger partial charge is 0.465 e. The van der Waals surface area contributed by atoms with E-state index in [1.807, 2.05) is 35.4 Å². The molecule has 2 aromatic heterocycles. The Bertz CT molecular complexity index is 1360. The summed E-state index contributed by atoms with van der Waals surface area (Å²) >= 11 is 1.03. The lowest BCUT2D eigenvalue weighted by molar-refractivity contribution is -0.135. The number of carbonyl (C=O) groups excluding carboxylic acids is 2. The molecule has 0 aliphatic carbocycles.